The van der Waals surface area contributed by atoms with E-state index in [4.69, 9.17) is 27.9 Å². The summed E-state index contributed by atoms with van der Waals surface area (Å²) in [6.07, 6.45) is 0.103. The average molecular weight is 324 g/mol. The van der Waals surface area contributed by atoms with E-state index in [0.717, 1.165) is 16.3 Å². The zero-order chi connectivity index (χ0) is 15.4. The van der Waals surface area contributed by atoms with E-state index < -0.39 is 0 Å². The minimum Gasteiger partial charge on any atom is -0.489 e. The minimum absolute atomic E-state index is 0.103. The third kappa shape index (κ3) is 4.55. The smallest absolute Gasteiger partial charge is 0.138 e. The fourth-order valence-corrected chi connectivity index (χ4v) is 2.47. The molecule has 0 aliphatic carbocycles. The highest BCUT2D eigenvalue weighted by Gasteiger charge is 2.09. The van der Waals surface area contributed by atoms with E-state index in [2.05, 4.69) is 12.2 Å². The number of halogens is 2. The molecule has 1 atom stereocenters. The maximum Gasteiger partial charge on any atom is 0.138 e. The third-order valence-corrected chi connectivity index (χ3v) is 3.56. The van der Waals surface area contributed by atoms with Gasteiger partial charge in [0.1, 0.15) is 5.75 Å². The first-order valence-electron chi connectivity index (χ1n) is 6.94. The van der Waals surface area contributed by atoms with Crippen molar-refractivity contribution in [3.63, 3.8) is 0 Å². The fourth-order valence-electron chi connectivity index (χ4n) is 2.05. The van der Waals surface area contributed by atoms with Crippen LogP contribution in [-0.2, 0) is 0 Å². The van der Waals surface area contributed by atoms with Gasteiger partial charge in [-0.3, -0.25) is 0 Å². The minimum atomic E-state index is 0.103. The average Bonchev–Trinajstić information content (AvgIpc) is 2.41. The Morgan fingerprint density at radius 2 is 1.76 bits per heavy atom. The van der Waals surface area contributed by atoms with Crippen LogP contribution in [0.15, 0.2) is 42.5 Å². The van der Waals surface area contributed by atoms with Crippen molar-refractivity contribution in [3.8, 4) is 5.75 Å². The van der Waals surface area contributed by atoms with Gasteiger partial charge in [-0.1, -0.05) is 35.3 Å². The lowest BCUT2D eigenvalue weighted by Crippen LogP contribution is -2.08. The third-order valence-electron chi connectivity index (χ3n) is 3.03. The lowest BCUT2D eigenvalue weighted by molar-refractivity contribution is 0.242. The highest BCUT2D eigenvalue weighted by molar-refractivity contribution is 6.32. The van der Waals surface area contributed by atoms with E-state index >= 15 is 0 Å². The molecular weight excluding hydrogens is 305 g/mol. The number of ether oxygens (including phenoxy) is 1. The van der Waals surface area contributed by atoms with Gasteiger partial charge in [0.2, 0.25) is 0 Å². The van der Waals surface area contributed by atoms with Crippen molar-refractivity contribution in [1.82, 2.24) is 0 Å². The monoisotopic (exact) mass is 323 g/mol. The molecule has 1 unspecified atom stereocenters. The van der Waals surface area contributed by atoms with Gasteiger partial charge in [0.05, 0.1) is 11.1 Å². The predicted octanol–water partition coefficient (Wildman–Crippen LogP) is 5.95. The molecule has 0 bridgehead atoms. The lowest BCUT2D eigenvalue weighted by atomic mass is 10.1. The van der Waals surface area contributed by atoms with Crippen LogP contribution in [-0.4, -0.2) is 6.10 Å². The summed E-state index contributed by atoms with van der Waals surface area (Å²) in [5.74, 6) is 0.702. The molecule has 112 valence electrons. The molecular formula is C17H19Cl2NO. The molecule has 0 heterocycles. The normalized spacial score (nSPS) is 12.3. The van der Waals surface area contributed by atoms with E-state index in [-0.39, 0.29) is 12.1 Å². The molecule has 0 amide bonds. The largest absolute Gasteiger partial charge is 0.489 e. The molecule has 0 saturated heterocycles. The maximum absolute atomic E-state index is 6.24. The van der Waals surface area contributed by atoms with E-state index in [1.165, 1.54) is 0 Å². The second-order valence-electron chi connectivity index (χ2n) is 5.23. The topological polar surface area (TPSA) is 21.3 Å². The highest BCUT2D eigenvalue weighted by Crippen LogP contribution is 2.30. The first-order chi connectivity index (χ1) is 9.95. The van der Waals surface area contributed by atoms with Crippen LogP contribution in [0.4, 0.5) is 5.69 Å². The van der Waals surface area contributed by atoms with E-state index in [9.17, 15) is 0 Å². The number of hydrogen-bond acceptors (Lipinski definition) is 2. The number of rotatable bonds is 5. The molecule has 0 spiro atoms. The summed E-state index contributed by atoms with van der Waals surface area (Å²) >= 11 is 12.3. The van der Waals surface area contributed by atoms with Crippen molar-refractivity contribution in [3.05, 3.63) is 58.1 Å². The SMILES string of the molecule is CC(C)Oc1ccc(NC(C)c2cccc(Cl)c2)cc1Cl. The molecule has 1 N–H and O–H groups in total. The predicted molar refractivity (Wildman–Crippen MR) is 90.7 cm³/mol. The van der Waals surface area contributed by atoms with Crippen LogP contribution in [0.1, 0.15) is 32.4 Å². The Bertz CT molecular complexity index is 613. The zero-order valence-electron chi connectivity index (χ0n) is 12.4. The highest BCUT2D eigenvalue weighted by atomic mass is 35.5. The molecule has 0 fully saturated rings. The molecule has 0 aromatic heterocycles. The summed E-state index contributed by atoms with van der Waals surface area (Å²) in [7, 11) is 0. The van der Waals surface area contributed by atoms with Crippen LogP contribution < -0.4 is 10.1 Å². The summed E-state index contributed by atoms with van der Waals surface area (Å²) < 4.78 is 5.63. The fraction of sp³-hybridized carbons (Fsp3) is 0.294. The Morgan fingerprint density at radius 1 is 1.00 bits per heavy atom. The van der Waals surface area contributed by atoms with Crippen molar-refractivity contribution < 1.29 is 4.74 Å². The van der Waals surface area contributed by atoms with Gasteiger partial charge in [-0.2, -0.15) is 0 Å². The zero-order valence-corrected chi connectivity index (χ0v) is 13.9. The van der Waals surface area contributed by atoms with Crippen molar-refractivity contribution in [2.75, 3.05) is 5.32 Å². The van der Waals surface area contributed by atoms with Crippen LogP contribution in [0.3, 0.4) is 0 Å². The van der Waals surface area contributed by atoms with Gasteiger partial charge in [0, 0.05) is 16.8 Å². The summed E-state index contributed by atoms with van der Waals surface area (Å²) in [6.45, 7) is 6.03. The molecule has 0 saturated carbocycles. The van der Waals surface area contributed by atoms with Gasteiger partial charge in [-0.15, -0.1) is 0 Å². The Balaban J connectivity index is 2.11. The summed E-state index contributed by atoms with van der Waals surface area (Å²) in [5, 5.41) is 4.75. The standard InChI is InChI=1S/C17H19Cl2NO/c1-11(2)21-17-8-7-15(10-16(17)19)20-12(3)13-5-4-6-14(18)9-13/h4-12,20H,1-3H3. The number of hydrogen-bond donors (Lipinski definition) is 1. The molecule has 2 aromatic rings. The van der Waals surface area contributed by atoms with Gasteiger partial charge in [-0.25, -0.2) is 0 Å². The van der Waals surface area contributed by atoms with Crippen LogP contribution in [0, 0.1) is 0 Å². The molecule has 21 heavy (non-hydrogen) atoms. The quantitative estimate of drug-likeness (QED) is 0.733. The first-order valence-corrected chi connectivity index (χ1v) is 7.69. The number of anilines is 1. The van der Waals surface area contributed by atoms with Crippen molar-refractivity contribution >= 4 is 28.9 Å². The lowest BCUT2D eigenvalue weighted by Gasteiger charge is -2.17. The second-order valence-corrected chi connectivity index (χ2v) is 6.08. The van der Waals surface area contributed by atoms with E-state index in [0.29, 0.717) is 10.8 Å². The summed E-state index contributed by atoms with van der Waals surface area (Å²) in [6, 6.07) is 13.7. The Hall–Kier alpha value is -1.38. The van der Waals surface area contributed by atoms with Crippen molar-refractivity contribution in [2.45, 2.75) is 32.9 Å². The molecule has 0 radical (unpaired) electrons. The molecule has 0 aliphatic heterocycles. The molecule has 4 heteroatoms. The molecule has 2 rings (SSSR count). The summed E-state index contributed by atoms with van der Waals surface area (Å²) in [4.78, 5) is 0. The van der Waals surface area contributed by atoms with E-state index in [1.807, 2.05) is 56.3 Å². The van der Waals surface area contributed by atoms with Crippen LogP contribution in [0.5, 0.6) is 5.75 Å². The summed E-state index contributed by atoms with van der Waals surface area (Å²) in [5.41, 5.74) is 2.07. The Morgan fingerprint density at radius 3 is 2.38 bits per heavy atom. The molecule has 2 aromatic carbocycles. The Kier molecular flexibility index (Phi) is 5.38. The Labute approximate surface area is 136 Å². The van der Waals surface area contributed by atoms with E-state index in [1.54, 1.807) is 0 Å². The van der Waals surface area contributed by atoms with Gasteiger partial charge < -0.3 is 10.1 Å². The molecule has 2 nitrogen and oxygen atoms in total. The van der Waals surface area contributed by atoms with Crippen molar-refractivity contribution in [2.24, 2.45) is 0 Å². The maximum atomic E-state index is 6.24. The van der Waals surface area contributed by atoms with Gasteiger partial charge in [-0.05, 0) is 56.7 Å². The number of benzene rings is 2. The van der Waals surface area contributed by atoms with Crippen LogP contribution >= 0.6 is 23.2 Å². The first kappa shape index (κ1) is 16.0. The van der Waals surface area contributed by atoms with Gasteiger partial charge >= 0.3 is 0 Å². The number of nitrogens with one attached hydrogen (secondary N) is 1. The van der Waals surface area contributed by atoms with Gasteiger partial charge in [0.15, 0.2) is 0 Å². The van der Waals surface area contributed by atoms with Gasteiger partial charge in [0.25, 0.3) is 0 Å². The van der Waals surface area contributed by atoms with Crippen molar-refractivity contribution in [1.29, 1.82) is 0 Å². The van der Waals surface area contributed by atoms with Crippen LogP contribution in [0.25, 0.3) is 0 Å². The second kappa shape index (κ2) is 7.06. The molecule has 0 aliphatic rings. The van der Waals surface area contributed by atoms with Crippen LogP contribution in [0.2, 0.25) is 10.0 Å².